The molecule has 0 N–H and O–H groups in total. The summed E-state index contributed by atoms with van der Waals surface area (Å²) in [5.41, 5.74) is 2.64. The van der Waals surface area contributed by atoms with Crippen molar-refractivity contribution in [3.63, 3.8) is 0 Å². The lowest BCUT2D eigenvalue weighted by atomic mass is 9.98. The number of rotatable bonds is 1. The molecular formula is C14H16FNS. The molecule has 1 aromatic carbocycles. The molecule has 0 bridgehead atoms. The lowest BCUT2D eigenvalue weighted by molar-refractivity contribution is 0.586. The maximum absolute atomic E-state index is 13.2. The third kappa shape index (κ3) is 2.55. The van der Waals surface area contributed by atoms with Gasteiger partial charge in [-0.3, -0.25) is 0 Å². The van der Waals surface area contributed by atoms with Crippen LogP contribution in [0.1, 0.15) is 31.3 Å². The van der Waals surface area contributed by atoms with Crippen molar-refractivity contribution in [1.29, 1.82) is 0 Å². The Bertz CT molecular complexity index is 537. The molecule has 2 aromatic rings. The summed E-state index contributed by atoms with van der Waals surface area (Å²) in [6.45, 7) is 8.21. The second-order valence-corrected chi connectivity index (χ2v) is 6.11. The Morgan fingerprint density at radius 2 is 1.94 bits per heavy atom. The van der Waals surface area contributed by atoms with Gasteiger partial charge in [-0.15, -0.1) is 11.3 Å². The predicted octanol–water partition coefficient (Wildman–Crippen LogP) is 4.56. The van der Waals surface area contributed by atoms with Gasteiger partial charge in [0.2, 0.25) is 0 Å². The Morgan fingerprint density at radius 1 is 1.24 bits per heavy atom. The van der Waals surface area contributed by atoms with Crippen LogP contribution in [0.15, 0.2) is 23.6 Å². The Morgan fingerprint density at radius 3 is 2.47 bits per heavy atom. The Hall–Kier alpha value is -1.22. The van der Waals surface area contributed by atoms with Crippen molar-refractivity contribution in [2.45, 2.75) is 33.1 Å². The van der Waals surface area contributed by atoms with E-state index in [2.05, 4.69) is 25.8 Å². The van der Waals surface area contributed by atoms with Gasteiger partial charge in [0.25, 0.3) is 0 Å². The standard InChI is InChI=1S/C14H16FNS/c1-9-7-10(5-6-11(9)15)12-8-17-13(16-12)14(2,3)4/h5-8H,1-4H3. The van der Waals surface area contributed by atoms with E-state index < -0.39 is 0 Å². The van der Waals surface area contributed by atoms with Crippen molar-refractivity contribution < 1.29 is 4.39 Å². The summed E-state index contributed by atoms with van der Waals surface area (Å²) in [7, 11) is 0. The van der Waals surface area contributed by atoms with E-state index in [0.29, 0.717) is 5.56 Å². The zero-order chi connectivity index (χ0) is 12.6. The molecule has 0 fully saturated rings. The maximum atomic E-state index is 13.2. The zero-order valence-corrected chi connectivity index (χ0v) is 11.4. The number of benzene rings is 1. The average Bonchev–Trinajstić information content (AvgIpc) is 2.70. The molecule has 90 valence electrons. The average molecular weight is 249 g/mol. The highest BCUT2D eigenvalue weighted by atomic mass is 32.1. The highest BCUT2D eigenvalue weighted by molar-refractivity contribution is 7.10. The first-order valence-corrected chi connectivity index (χ1v) is 6.48. The Kier molecular flexibility index (Phi) is 3.04. The monoisotopic (exact) mass is 249 g/mol. The topological polar surface area (TPSA) is 12.9 Å². The van der Waals surface area contributed by atoms with Crippen molar-refractivity contribution in [2.75, 3.05) is 0 Å². The minimum absolute atomic E-state index is 0.0675. The van der Waals surface area contributed by atoms with Gasteiger partial charge in [-0.25, -0.2) is 9.37 Å². The van der Waals surface area contributed by atoms with E-state index in [0.717, 1.165) is 16.3 Å². The molecule has 17 heavy (non-hydrogen) atoms. The maximum Gasteiger partial charge on any atom is 0.126 e. The molecule has 2 rings (SSSR count). The SMILES string of the molecule is Cc1cc(-c2csc(C(C)(C)C)n2)ccc1F. The van der Waals surface area contributed by atoms with Crippen LogP contribution in [-0.4, -0.2) is 4.98 Å². The van der Waals surface area contributed by atoms with Gasteiger partial charge in [0.05, 0.1) is 10.7 Å². The van der Waals surface area contributed by atoms with Crippen LogP contribution < -0.4 is 0 Å². The lowest BCUT2D eigenvalue weighted by Gasteiger charge is -2.13. The van der Waals surface area contributed by atoms with Crippen LogP contribution in [0.3, 0.4) is 0 Å². The number of hydrogen-bond donors (Lipinski definition) is 0. The summed E-state index contributed by atoms with van der Waals surface area (Å²) in [6.07, 6.45) is 0. The van der Waals surface area contributed by atoms with Gasteiger partial charge in [0.1, 0.15) is 5.82 Å². The number of nitrogens with zero attached hydrogens (tertiary/aromatic N) is 1. The minimum atomic E-state index is -0.167. The van der Waals surface area contributed by atoms with Crippen LogP contribution >= 0.6 is 11.3 Å². The molecule has 0 atom stereocenters. The fourth-order valence-electron chi connectivity index (χ4n) is 1.55. The molecule has 0 aliphatic heterocycles. The third-order valence-electron chi connectivity index (χ3n) is 2.60. The van der Waals surface area contributed by atoms with Gasteiger partial charge < -0.3 is 0 Å². The summed E-state index contributed by atoms with van der Waals surface area (Å²) in [6, 6.07) is 5.13. The number of aryl methyl sites for hydroxylation is 1. The van der Waals surface area contributed by atoms with Crippen LogP contribution in [0.2, 0.25) is 0 Å². The predicted molar refractivity (Wildman–Crippen MR) is 70.9 cm³/mol. The van der Waals surface area contributed by atoms with Crippen molar-refractivity contribution in [3.8, 4) is 11.3 Å². The Labute approximate surface area is 105 Å². The molecule has 0 spiro atoms. The Balaban J connectivity index is 2.40. The van der Waals surface area contributed by atoms with Crippen LogP contribution in [0.25, 0.3) is 11.3 Å². The summed E-state index contributed by atoms with van der Waals surface area (Å²) < 4.78 is 13.2. The molecule has 0 aliphatic rings. The normalized spacial score (nSPS) is 11.8. The highest BCUT2D eigenvalue weighted by Gasteiger charge is 2.18. The smallest absolute Gasteiger partial charge is 0.126 e. The van der Waals surface area contributed by atoms with Gasteiger partial charge >= 0.3 is 0 Å². The minimum Gasteiger partial charge on any atom is -0.241 e. The van der Waals surface area contributed by atoms with Gasteiger partial charge in [-0.2, -0.15) is 0 Å². The second kappa shape index (κ2) is 4.22. The molecule has 1 nitrogen and oxygen atoms in total. The van der Waals surface area contributed by atoms with E-state index in [1.165, 1.54) is 6.07 Å². The summed E-state index contributed by atoms with van der Waals surface area (Å²) in [4.78, 5) is 4.62. The first-order chi connectivity index (χ1) is 7.88. The third-order valence-corrected chi connectivity index (χ3v) is 3.87. The molecule has 0 aliphatic carbocycles. The molecule has 1 heterocycles. The van der Waals surface area contributed by atoms with Gasteiger partial charge in [-0.05, 0) is 30.7 Å². The van der Waals surface area contributed by atoms with Crippen LogP contribution in [0.4, 0.5) is 4.39 Å². The van der Waals surface area contributed by atoms with Crippen molar-refractivity contribution in [2.24, 2.45) is 0 Å². The zero-order valence-electron chi connectivity index (χ0n) is 10.5. The van der Waals surface area contributed by atoms with Crippen molar-refractivity contribution >= 4 is 11.3 Å². The van der Waals surface area contributed by atoms with E-state index in [1.54, 1.807) is 24.3 Å². The molecule has 1 aromatic heterocycles. The largest absolute Gasteiger partial charge is 0.241 e. The summed E-state index contributed by atoms with van der Waals surface area (Å²) in [5, 5.41) is 3.14. The van der Waals surface area contributed by atoms with E-state index in [-0.39, 0.29) is 11.2 Å². The summed E-state index contributed by atoms with van der Waals surface area (Å²) >= 11 is 1.66. The molecule has 0 saturated heterocycles. The molecule has 0 saturated carbocycles. The molecular weight excluding hydrogens is 233 g/mol. The van der Waals surface area contributed by atoms with E-state index in [1.807, 2.05) is 11.4 Å². The first-order valence-electron chi connectivity index (χ1n) is 5.60. The van der Waals surface area contributed by atoms with Crippen LogP contribution in [0.5, 0.6) is 0 Å². The second-order valence-electron chi connectivity index (χ2n) is 5.25. The van der Waals surface area contributed by atoms with E-state index in [9.17, 15) is 4.39 Å². The number of aromatic nitrogens is 1. The highest BCUT2D eigenvalue weighted by Crippen LogP contribution is 2.30. The molecule has 0 radical (unpaired) electrons. The van der Waals surface area contributed by atoms with Crippen molar-refractivity contribution in [1.82, 2.24) is 4.98 Å². The molecule has 0 unspecified atom stereocenters. The van der Waals surface area contributed by atoms with Crippen LogP contribution in [-0.2, 0) is 5.41 Å². The fraction of sp³-hybridized carbons (Fsp3) is 0.357. The first kappa shape index (κ1) is 12.2. The summed E-state index contributed by atoms with van der Waals surface area (Å²) in [5.74, 6) is -0.167. The van der Waals surface area contributed by atoms with Gasteiger partial charge in [0, 0.05) is 16.4 Å². The number of hydrogen-bond acceptors (Lipinski definition) is 2. The van der Waals surface area contributed by atoms with E-state index in [4.69, 9.17) is 0 Å². The van der Waals surface area contributed by atoms with Gasteiger partial charge in [-0.1, -0.05) is 20.8 Å². The van der Waals surface area contributed by atoms with Gasteiger partial charge in [0.15, 0.2) is 0 Å². The van der Waals surface area contributed by atoms with Crippen molar-refractivity contribution in [3.05, 3.63) is 40.0 Å². The lowest BCUT2D eigenvalue weighted by Crippen LogP contribution is -2.10. The quantitative estimate of drug-likeness (QED) is 0.722. The number of halogens is 1. The fourth-order valence-corrected chi connectivity index (χ4v) is 2.47. The number of thiazole rings is 1. The van der Waals surface area contributed by atoms with E-state index >= 15 is 0 Å². The molecule has 0 amide bonds. The van der Waals surface area contributed by atoms with Crippen LogP contribution in [0, 0.1) is 12.7 Å². The molecule has 3 heteroatoms.